The second kappa shape index (κ2) is 6.67. The fourth-order valence-electron chi connectivity index (χ4n) is 5.39. The summed E-state index contributed by atoms with van der Waals surface area (Å²) < 4.78 is 5.18. The molecule has 0 amide bonds. The molecule has 0 aromatic heterocycles. The van der Waals surface area contributed by atoms with Gasteiger partial charge in [-0.25, -0.2) is 0 Å². The average Bonchev–Trinajstić information content (AvgIpc) is 2.52. The number of hydrogen-bond donors (Lipinski definition) is 0. The molecule has 0 unspecified atom stereocenters. The van der Waals surface area contributed by atoms with Gasteiger partial charge in [0.15, 0.2) is 0 Å². The van der Waals surface area contributed by atoms with E-state index in [0.717, 1.165) is 44.1 Å². The molecule has 0 bridgehead atoms. The van der Waals surface area contributed by atoms with Gasteiger partial charge in [-0.3, -0.25) is 4.79 Å². The standard InChI is InChI=1S/C21H32O2/c1-7-15(2)9-11-17-16(3)10-12-18-20(17,4)13-8-14-21(18,5)19(22)23-6/h7,17-18H,1-3,8-14H2,4-6H3/t17-,18+,20+,21+/m1/s1. The molecule has 0 heterocycles. The van der Waals surface area contributed by atoms with Crippen LogP contribution in [-0.2, 0) is 9.53 Å². The quantitative estimate of drug-likeness (QED) is 0.382. The average molecular weight is 316 g/mol. The van der Waals surface area contributed by atoms with Crippen molar-refractivity contribution in [2.75, 3.05) is 7.11 Å². The summed E-state index contributed by atoms with van der Waals surface area (Å²) in [4.78, 5) is 12.5. The van der Waals surface area contributed by atoms with Crippen molar-refractivity contribution in [3.63, 3.8) is 0 Å². The molecule has 0 radical (unpaired) electrons. The minimum absolute atomic E-state index is 0.0322. The summed E-state index contributed by atoms with van der Waals surface area (Å²) in [6, 6.07) is 0. The Hall–Kier alpha value is -1.31. The highest BCUT2D eigenvalue weighted by Gasteiger charge is 2.57. The molecule has 0 saturated heterocycles. The molecule has 128 valence electrons. The van der Waals surface area contributed by atoms with Crippen LogP contribution in [0.4, 0.5) is 0 Å². The highest BCUT2D eigenvalue weighted by molar-refractivity contribution is 5.77. The van der Waals surface area contributed by atoms with Gasteiger partial charge in [0, 0.05) is 0 Å². The molecule has 2 saturated carbocycles. The molecule has 2 aliphatic rings. The molecular weight excluding hydrogens is 284 g/mol. The first-order valence-corrected chi connectivity index (χ1v) is 8.86. The van der Waals surface area contributed by atoms with Crippen molar-refractivity contribution < 1.29 is 9.53 Å². The number of carbonyl (C=O) groups is 1. The van der Waals surface area contributed by atoms with E-state index in [2.05, 4.69) is 33.6 Å². The second-order valence-corrected chi connectivity index (χ2v) is 7.97. The van der Waals surface area contributed by atoms with Gasteiger partial charge in [0.2, 0.25) is 0 Å². The molecule has 2 nitrogen and oxygen atoms in total. The van der Waals surface area contributed by atoms with Crippen molar-refractivity contribution >= 4 is 5.97 Å². The smallest absolute Gasteiger partial charge is 0.311 e. The van der Waals surface area contributed by atoms with Crippen LogP contribution in [-0.4, -0.2) is 13.1 Å². The molecule has 23 heavy (non-hydrogen) atoms. The van der Waals surface area contributed by atoms with E-state index >= 15 is 0 Å². The van der Waals surface area contributed by atoms with Crippen molar-refractivity contribution in [1.29, 1.82) is 0 Å². The minimum atomic E-state index is -0.351. The summed E-state index contributed by atoms with van der Waals surface area (Å²) in [6.07, 6.45) is 9.17. The Bertz CT molecular complexity index is 518. The van der Waals surface area contributed by atoms with Gasteiger partial charge >= 0.3 is 5.97 Å². The molecule has 2 heteroatoms. The van der Waals surface area contributed by atoms with Crippen molar-refractivity contribution in [2.24, 2.45) is 22.7 Å². The number of ether oxygens (including phenoxy) is 1. The fourth-order valence-corrected chi connectivity index (χ4v) is 5.39. The Morgan fingerprint density at radius 2 is 2.09 bits per heavy atom. The number of methoxy groups -OCH3 is 1. The van der Waals surface area contributed by atoms with Gasteiger partial charge in [-0.05, 0) is 62.7 Å². The normalized spacial score (nSPS) is 36.9. The summed E-state index contributed by atoms with van der Waals surface area (Å²) in [5.74, 6) is 0.807. The van der Waals surface area contributed by atoms with Crippen LogP contribution in [0.3, 0.4) is 0 Å². The zero-order chi connectivity index (χ0) is 17.3. The summed E-state index contributed by atoms with van der Waals surface area (Å²) in [7, 11) is 1.52. The van der Waals surface area contributed by atoms with E-state index < -0.39 is 0 Å². The number of rotatable bonds is 5. The molecule has 0 aromatic rings. The van der Waals surface area contributed by atoms with Crippen LogP contribution in [0.1, 0.15) is 58.8 Å². The van der Waals surface area contributed by atoms with Crippen LogP contribution >= 0.6 is 0 Å². The van der Waals surface area contributed by atoms with E-state index in [-0.39, 0.29) is 16.8 Å². The number of hydrogen-bond acceptors (Lipinski definition) is 2. The Morgan fingerprint density at radius 3 is 2.70 bits per heavy atom. The lowest BCUT2D eigenvalue weighted by Crippen LogP contribution is -2.53. The third-order valence-electron chi connectivity index (χ3n) is 6.71. The predicted octanol–water partition coefficient (Wildman–Crippen LogP) is 5.46. The van der Waals surface area contributed by atoms with E-state index in [1.165, 1.54) is 19.1 Å². The van der Waals surface area contributed by atoms with Gasteiger partial charge in [-0.2, -0.15) is 0 Å². The Morgan fingerprint density at radius 1 is 1.39 bits per heavy atom. The molecule has 2 rings (SSSR count). The van der Waals surface area contributed by atoms with Gasteiger partial charge in [-0.1, -0.05) is 50.3 Å². The van der Waals surface area contributed by atoms with Crippen molar-refractivity contribution in [3.8, 4) is 0 Å². The molecule has 0 spiro atoms. The van der Waals surface area contributed by atoms with Gasteiger partial charge < -0.3 is 4.74 Å². The van der Waals surface area contributed by atoms with Crippen molar-refractivity contribution in [2.45, 2.75) is 58.8 Å². The van der Waals surface area contributed by atoms with Crippen LogP contribution in [0.2, 0.25) is 0 Å². The highest BCUT2D eigenvalue weighted by atomic mass is 16.5. The number of carbonyl (C=O) groups excluding carboxylic acids is 1. The minimum Gasteiger partial charge on any atom is -0.469 e. The largest absolute Gasteiger partial charge is 0.469 e. The lowest BCUT2D eigenvalue weighted by molar-refractivity contribution is -0.168. The summed E-state index contributed by atoms with van der Waals surface area (Å²) in [6.45, 7) is 16.7. The third kappa shape index (κ3) is 3.05. The maximum absolute atomic E-state index is 12.5. The van der Waals surface area contributed by atoms with E-state index in [0.29, 0.717) is 11.8 Å². The lowest BCUT2D eigenvalue weighted by atomic mass is 9.46. The maximum Gasteiger partial charge on any atom is 0.311 e. The van der Waals surface area contributed by atoms with Crippen LogP contribution in [0, 0.1) is 22.7 Å². The van der Waals surface area contributed by atoms with Crippen LogP contribution in [0.5, 0.6) is 0 Å². The van der Waals surface area contributed by atoms with Gasteiger partial charge in [-0.15, -0.1) is 0 Å². The first-order valence-electron chi connectivity index (χ1n) is 8.86. The SMILES string of the molecule is C=CC(=C)CC[C@@H]1C(=C)CC[C@H]2[C@@]1(C)CCC[C@]2(C)C(=O)OC. The van der Waals surface area contributed by atoms with Crippen LogP contribution in [0.25, 0.3) is 0 Å². The molecule has 0 N–H and O–H groups in total. The Balaban J connectivity index is 2.31. The summed E-state index contributed by atoms with van der Waals surface area (Å²) >= 11 is 0. The Kier molecular flexibility index (Phi) is 5.23. The third-order valence-corrected chi connectivity index (χ3v) is 6.71. The molecule has 0 aliphatic heterocycles. The maximum atomic E-state index is 12.5. The molecule has 0 aromatic carbocycles. The van der Waals surface area contributed by atoms with Gasteiger partial charge in [0.1, 0.15) is 0 Å². The second-order valence-electron chi connectivity index (χ2n) is 7.97. The zero-order valence-electron chi connectivity index (χ0n) is 15.1. The van der Waals surface area contributed by atoms with Gasteiger partial charge in [0.25, 0.3) is 0 Å². The van der Waals surface area contributed by atoms with E-state index in [4.69, 9.17) is 4.74 Å². The van der Waals surface area contributed by atoms with Crippen LogP contribution < -0.4 is 0 Å². The van der Waals surface area contributed by atoms with Crippen molar-refractivity contribution in [3.05, 3.63) is 37.0 Å². The van der Waals surface area contributed by atoms with Crippen LogP contribution in [0.15, 0.2) is 37.0 Å². The van der Waals surface area contributed by atoms with Gasteiger partial charge in [0.05, 0.1) is 12.5 Å². The highest BCUT2D eigenvalue weighted by Crippen LogP contribution is 2.62. The molecule has 4 atom stereocenters. The monoisotopic (exact) mass is 316 g/mol. The number of esters is 1. The first-order chi connectivity index (χ1) is 10.8. The molecule has 2 aliphatic carbocycles. The number of fused-ring (bicyclic) bond motifs is 1. The van der Waals surface area contributed by atoms with E-state index in [1.807, 2.05) is 6.08 Å². The van der Waals surface area contributed by atoms with Crippen molar-refractivity contribution in [1.82, 2.24) is 0 Å². The lowest BCUT2D eigenvalue weighted by Gasteiger charge is -2.57. The fraction of sp³-hybridized carbons (Fsp3) is 0.667. The summed E-state index contributed by atoms with van der Waals surface area (Å²) in [5, 5.41) is 0. The molecular formula is C21H32O2. The van der Waals surface area contributed by atoms with E-state index in [9.17, 15) is 4.79 Å². The zero-order valence-corrected chi connectivity index (χ0v) is 15.1. The first kappa shape index (κ1) is 18.0. The molecule has 2 fully saturated rings. The topological polar surface area (TPSA) is 26.3 Å². The number of allylic oxidation sites excluding steroid dienone is 3. The Labute approximate surface area is 141 Å². The summed E-state index contributed by atoms with van der Waals surface area (Å²) in [5.41, 5.74) is 2.23. The predicted molar refractivity (Wildman–Crippen MR) is 96.0 cm³/mol. The van der Waals surface area contributed by atoms with E-state index in [1.54, 1.807) is 0 Å².